The Labute approximate surface area is 118 Å². The predicted octanol–water partition coefficient (Wildman–Crippen LogP) is 1.77. The topological polar surface area (TPSA) is 47.2 Å². The number of hydrogen-bond acceptors (Lipinski definition) is 2. The van der Waals surface area contributed by atoms with Gasteiger partial charge in [0.1, 0.15) is 6.04 Å². The summed E-state index contributed by atoms with van der Waals surface area (Å²) in [5.74, 6) is -0.0250. The van der Waals surface area contributed by atoms with Gasteiger partial charge in [-0.15, -0.1) is 0 Å². The van der Waals surface area contributed by atoms with Crippen molar-refractivity contribution in [2.24, 2.45) is 7.05 Å². The zero-order valence-electron chi connectivity index (χ0n) is 12.5. The lowest BCUT2D eigenvalue weighted by atomic mass is 10.2. The standard InChI is InChI=1S/C15H21N3O2/c1-5-17(6-2)14(19)11(3)18-15(20)12-9-7-8-10-13(12)16(18)4/h7-11H,5-6H2,1-4H3. The van der Waals surface area contributed by atoms with E-state index >= 15 is 0 Å². The minimum Gasteiger partial charge on any atom is -0.341 e. The van der Waals surface area contributed by atoms with Crippen molar-refractivity contribution in [2.45, 2.75) is 26.8 Å². The number of fused-ring (bicyclic) bond motifs is 1. The number of likely N-dealkylation sites (N-methyl/N-ethyl adjacent to an activating group) is 1. The fraction of sp³-hybridized carbons (Fsp3) is 0.467. The number of amides is 1. The minimum atomic E-state index is -0.500. The van der Waals surface area contributed by atoms with Gasteiger partial charge in [-0.2, -0.15) is 0 Å². The molecule has 0 saturated heterocycles. The highest BCUT2D eigenvalue weighted by Gasteiger charge is 2.24. The second-order valence-electron chi connectivity index (χ2n) is 4.88. The average molecular weight is 275 g/mol. The molecule has 1 unspecified atom stereocenters. The van der Waals surface area contributed by atoms with Gasteiger partial charge in [-0.05, 0) is 32.9 Å². The van der Waals surface area contributed by atoms with Gasteiger partial charge in [-0.3, -0.25) is 14.3 Å². The first-order valence-corrected chi connectivity index (χ1v) is 6.97. The highest BCUT2D eigenvalue weighted by molar-refractivity contribution is 5.82. The van der Waals surface area contributed by atoms with Gasteiger partial charge in [-0.1, -0.05) is 12.1 Å². The van der Waals surface area contributed by atoms with Crippen molar-refractivity contribution in [1.82, 2.24) is 14.3 Å². The molecule has 0 fully saturated rings. The molecule has 0 spiro atoms. The molecule has 2 rings (SSSR count). The van der Waals surface area contributed by atoms with Crippen molar-refractivity contribution in [3.8, 4) is 0 Å². The molecule has 5 nitrogen and oxygen atoms in total. The van der Waals surface area contributed by atoms with Gasteiger partial charge in [-0.25, -0.2) is 4.68 Å². The van der Waals surface area contributed by atoms with E-state index in [0.29, 0.717) is 18.5 Å². The van der Waals surface area contributed by atoms with E-state index in [9.17, 15) is 9.59 Å². The molecule has 5 heteroatoms. The molecule has 0 saturated carbocycles. The summed E-state index contributed by atoms with van der Waals surface area (Å²) in [6.45, 7) is 6.97. The summed E-state index contributed by atoms with van der Waals surface area (Å²) < 4.78 is 3.30. The van der Waals surface area contributed by atoms with E-state index in [-0.39, 0.29) is 11.5 Å². The number of nitrogens with zero attached hydrogens (tertiary/aromatic N) is 3. The number of para-hydroxylation sites is 1. The molecule has 0 bridgehead atoms. The average Bonchev–Trinajstić information content (AvgIpc) is 2.72. The van der Waals surface area contributed by atoms with E-state index in [4.69, 9.17) is 0 Å². The smallest absolute Gasteiger partial charge is 0.275 e. The number of rotatable bonds is 4. The van der Waals surface area contributed by atoms with Gasteiger partial charge in [0.2, 0.25) is 5.91 Å². The van der Waals surface area contributed by atoms with Crippen molar-refractivity contribution < 1.29 is 4.79 Å². The third kappa shape index (κ3) is 2.13. The molecule has 0 aliphatic carbocycles. The van der Waals surface area contributed by atoms with Crippen LogP contribution in [-0.2, 0) is 11.8 Å². The van der Waals surface area contributed by atoms with Crippen LogP contribution < -0.4 is 5.56 Å². The number of carbonyl (C=O) groups is 1. The van der Waals surface area contributed by atoms with E-state index in [1.165, 1.54) is 4.68 Å². The first kappa shape index (κ1) is 14.4. The lowest BCUT2D eigenvalue weighted by molar-refractivity contribution is -0.134. The van der Waals surface area contributed by atoms with E-state index in [2.05, 4.69) is 0 Å². The van der Waals surface area contributed by atoms with Crippen LogP contribution in [0.2, 0.25) is 0 Å². The van der Waals surface area contributed by atoms with E-state index in [0.717, 1.165) is 5.52 Å². The monoisotopic (exact) mass is 275 g/mol. The van der Waals surface area contributed by atoms with Gasteiger partial charge in [0, 0.05) is 20.1 Å². The van der Waals surface area contributed by atoms with Gasteiger partial charge >= 0.3 is 0 Å². The van der Waals surface area contributed by atoms with Gasteiger partial charge < -0.3 is 4.90 Å². The van der Waals surface area contributed by atoms with Crippen LogP contribution in [0.1, 0.15) is 26.8 Å². The van der Waals surface area contributed by atoms with Gasteiger partial charge in [0.15, 0.2) is 0 Å². The summed E-state index contributed by atoms with van der Waals surface area (Å²) in [6, 6.07) is 6.92. The summed E-state index contributed by atoms with van der Waals surface area (Å²) >= 11 is 0. The minimum absolute atomic E-state index is 0.0250. The van der Waals surface area contributed by atoms with E-state index in [1.54, 1.807) is 22.6 Å². The molecule has 1 atom stereocenters. The zero-order valence-corrected chi connectivity index (χ0v) is 12.5. The van der Waals surface area contributed by atoms with Crippen LogP contribution in [0, 0.1) is 0 Å². The summed E-state index contributed by atoms with van der Waals surface area (Å²) in [7, 11) is 1.82. The molecule has 1 heterocycles. The Balaban J connectivity index is 2.53. The highest BCUT2D eigenvalue weighted by atomic mass is 16.2. The highest BCUT2D eigenvalue weighted by Crippen LogP contribution is 2.14. The lowest BCUT2D eigenvalue weighted by Crippen LogP contribution is -2.40. The number of carbonyl (C=O) groups excluding carboxylic acids is 1. The van der Waals surface area contributed by atoms with E-state index < -0.39 is 6.04 Å². The molecule has 108 valence electrons. The van der Waals surface area contributed by atoms with Crippen molar-refractivity contribution in [1.29, 1.82) is 0 Å². The quantitative estimate of drug-likeness (QED) is 0.853. The van der Waals surface area contributed by atoms with Crippen LogP contribution in [0.5, 0.6) is 0 Å². The van der Waals surface area contributed by atoms with Crippen LogP contribution in [-0.4, -0.2) is 33.3 Å². The normalized spacial score (nSPS) is 12.6. The van der Waals surface area contributed by atoms with Crippen molar-refractivity contribution in [3.63, 3.8) is 0 Å². The summed E-state index contributed by atoms with van der Waals surface area (Å²) in [4.78, 5) is 26.7. The van der Waals surface area contributed by atoms with Crippen LogP contribution in [0.4, 0.5) is 0 Å². The maximum Gasteiger partial charge on any atom is 0.275 e. The van der Waals surface area contributed by atoms with E-state index in [1.807, 2.05) is 39.1 Å². The molecule has 0 N–H and O–H groups in total. The van der Waals surface area contributed by atoms with Crippen LogP contribution in [0.15, 0.2) is 29.1 Å². The largest absolute Gasteiger partial charge is 0.341 e. The fourth-order valence-corrected chi connectivity index (χ4v) is 2.65. The molecule has 0 aliphatic heterocycles. The molecule has 0 radical (unpaired) electrons. The first-order chi connectivity index (χ1) is 9.52. The summed E-state index contributed by atoms with van der Waals surface area (Å²) in [6.07, 6.45) is 0. The molecule has 1 aromatic heterocycles. The molecular formula is C15H21N3O2. The number of benzene rings is 1. The second kappa shape index (κ2) is 5.53. The van der Waals surface area contributed by atoms with Crippen molar-refractivity contribution >= 4 is 16.8 Å². The molecule has 2 aromatic rings. The third-order valence-corrected chi connectivity index (χ3v) is 3.81. The second-order valence-corrected chi connectivity index (χ2v) is 4.88. The Bertz CT molecular complexity index is 680. The number of hydrogen-bond donors (Lipinski definition) is 0. The Hall–Kier alpha value is -2.04. The van der Waals surface area contributed by atoms with Crippen LogP contribution >= 0.6 is 0 Å². The van der Waals surface area contributed by atoms with Crippen LogP contribution in [0.3, 0.4) is 0 Å². The van der Waals surface area contributed by atoms with Crippen molar-refractivity contribution in [2.75, 3.05) is 13.1 Å². The number of aryl methyl sites for hydroxylation is 1. The Morgan fingerprint density at radius 3 is 2.40 bits per heavy atom. The molecule has 1 amide bonds. The van der Waals surface area contributed by atoms with Crippen LogP contribution in [0.25, 0.3) is 10.9 Å². The Morgan fingerprint density at radius 2 is 1.85 bits per heavy atom. The summed E-state index contributed by atoms with van der Waals surface area (Å²) in [5, 5.41) is 0.647. The Morgan fingerprint density at radius 1 is 1.25 bits per heavy atom. The van der Waals surface area contributed by atoms with Gasteiger partial charge in [0.25, 0.3) is 5.56 Å². The molecule has 1 aromatic carbocycles. The fourth-order valence-electron chi connectivity index (χ4n) is 2.65. The van der Waals surface area contributed by atoms with Crippen molar-refractivity contribution in [3.05, 3.63) is 34.6 Å². The number of aromatic nitrogens is 2. The lowest BCUT2D eigenvalue weighted by Gasteiger charge is -2.24. The Kier molecular flexibility index (Phi) is 3.97. The first-order valence-electron chi connectivity index (χ1n) is 6.97. The zero-order chi connectivity index (χ0) is 14.9. The molecular weight excluding hydrogens is 254 g/mol. The maximum atomic E-state index is 12.5. The van der Waals surface area contributed by atoms with Gasteiger partial charge in [0.05, 0.1) is 10.9 Å². The summed E-state index contributed by atoms with van der Waals surface area (Å²) in [5.41, 5.74) is 0.729. The predicted molar refractivity (Wildman–Crippen MR) is 79.8 cm³/mol. The molecule has 0 aliphatic rings. The maximum absolute atomic E-state index is 12.5. The third-order valence-electron chi connectivity index (χ3n) is 3.81. The SMILES string of the molecule is CCN(CC)C(=O)C(C)n1c(=O)c2ccccc2n1C. The molecule has 20 heavy (non-hydrogen) atoms.